The molecule has 2 aliphatic rings. The van der Waals surface area contributed by atoms with Crippen LogP contribution in [0.3, 0.4) is 0 Å². The molecule has 0 saturated carbocycles. The second kappa shape index (κ2) is 9.45. The quantitative estimate of drug-likeness (QED) is 0.725. The van der Waals surface area contributed by atoms with E-state index in [0.717, 1.165) is 56.6 Å². The van der Waals surface area contributed by atoms with Gasteiger partial charge in [-0.05, 0) is 63.4 Å². The van der Waals surface area contributed by atoms with E-state index in [1.807, 2.05) is 0 Å². The Labute approximate surface area is 165 Å². The van der Waals surface area contributed by atoms with Crippen molar-refractivity contribution in [3.8, 4) is 0 Å². The second-order valence-electron chi connectivity index (χ2n) is 8.06. The fraction of sp³-hybridized carbons (Fsp3) is 0.619. The Bertz CT molecular complexity index is 685. The van der Waals surface area contributed by atoms with Gasteiger partial charge in [-0.1, -0.05) is 6.92 Å². The lowest BCUT2D eigenvalue weighted by molar-refractivity contribution is -0.126. The Hall–Kier alpha value is -2.02. The van der Waals surface area contributed by atoms with Gasteiger partial charge < -0.3 is 15.1 Å². The summed E-state index contributed by atoms with van der Waals surface area (Å²) in [6.45, 7) is 6.42. The first kappa shape index (κ1) is 20.7. The first-order chi connectivity index (χ1) is 13.4. The maximum absolute atomic E-state index is 13.4. The van der Waals surface area contributed by atoms with Crippen molar-refractivity contribution in [3.63, 3.8) is 0 Å². The van der Waals surface area contributed by atoms with Gasteiger partial charge in [-0.3, -0.25) is 9.59 Å². The summed E-state index contributed by atoms with van der Waals surface area (Å²) in [4.78, 5) is 28.3. The average Bonchev–Trinajstić information content (AvgIpc) is 3.04. The van der Waals surface area contributed by atoms with E-state index < -0.39 is 17.6 Å². The van der Waals surface area contributed by atoms with E-state index in [4.69, 9.17) is 0 Å². The third kappa shape index (κ3) is 5.50. The van der Waals surface area contributed by atoms with Gasteiger partial charge in [0.05, 0.1) is 5.92 Å². The number of hydrogen-bond acceptors (Lipinski definition) is 3. The van der Waals surface area contributed by atoms with E-state index in [9.17, 15) is 18.4 Å². The van der Waals surface area contributed by atoms with Crippen molar-refractivity contribution in [2.45, 2.75) is 39.0 Å². The molecule has 3 rings (SSSR count). The van der Waals surface area contributed by atoms with Gasteiger partial charge in [0.25, 0.3) is 0 Å². The van der Waals surface area contributed by atoms with E-state index >= 15 is 0 Å². The van der Waals surface area contributed by atoms with Crippen LogP contribution < -0.4 is 10.2 Å². The number of likely N-dealkylation sites (tertiary alicyclic amines) is 1. The molecule has 2 aliphatic heterocycles. The van der Waals surface area contributed by atoms with Gasteiger partial charge in [-0.15, -0.1) is 0 Å². The molecule has 28 heavy (non-hydrogen) atoms. The maximum atomic E-state index is 13.4. The largest absolute Gasteiger partial charge is 0.356 e. The van der Waals surface area contributed by atoms with E-state index in [-0.39, 0.29) is 30.5 Å². The Kier molecular flexibility index (Phi) is 6.99. The number of hydrogen-bond donors (Lipinski definition) is 1. The van der Waals surface area contributed by atoms with Crippen molar-refractivity contribution >= 4 is 17.5 Å². The predicted octanol–water partition coefficient (Wildman–Crippen LogP) is 2.95. The number of halogens is 2. The standard InChI is InChI=1S/C21H29F2N3O2/c1-15-4-8-25(9-5-15)7-3-2-6-24-21(28)16-10-20(27)26(14-16)19-12-17(22)11-18(23)13-19/h11-13,15-16H,2-10,14H2,1H3,(H,24,28). The van der Waals surface area contributed by atoms with Crippen LogP contribution in [-0.2, 0) is 9.59 Å². The smallest absolute Gasteiger partial charge is 0.227 e. The molecule has 1 N–H and O–H groups in total. The van der Waals surface area contributed by atoms with Crippen molar-refractivity contribution < 1.29 is 18.4 Å². The Balaban J connectivity index is 1.38. The van der Waals surface area contributed by atoms with Crippen LogP contribution in [0.15, 0.2) is 18.2 Å². The topological polar surface area (TPSA) is 52.7 Å². The summed E-state index contributed by atoms with van der Waals surface area (Å²) in [5.41, 5.74) is 0.161. The number of carbonyl (C=O) groups excluding carboxylic acids is 2. The number of unbranched alkanes of at least 4 members (excludes halogenated alkanes) is 1. The number of anilines is 1. The molecule has 2 heterocycles. The van der Waals surface area contributed by atoms with E-state index in [1.165, 1.54) is 17.7 Å². The van der Waals surface area contributed by atoms with Crippen LogP contribution in [0.4, 0.5) is 14.5 Å². The summed E-state index contributed by atoms with van der Waals surface area (Å²) in [5.74, 6) is -1.59. The highest BCUT2D eigenvalue weighted by atomic mass is 19.1. The first-order valence-electron chi connectivity index (χ1n) is 10.2. The van der Waals surface area contributed by atoms with Gasteiger partial charge in [0.2, 0.25) is 11.8 Å². The molecular weight excluding hydrogens is 364 g/mol. The SMILES string of the molecule is CC1CCN(CCCCNC(=O)C2CC(=O)N(c3cc(F)cc(F)c3)C2)CC1. The van der Waals surface area contributed by atoms with Crippen molar-refractivity contribution in [1.29, 1.82) is 0 Å². The number of piperidine rings is 1. The van der Waals surface area contributed by atoms with Gasteiger partial charge in [-0.2, -0.15) is 0 Å². The normalized spacial score (nSPS) is 21.3. The first-order valence-corrected chi connectivity index (χ1v) is 10.2. The third-order valence-electron chi connectivity index (χ3n) is 5.73. The molecule has 1 aromatic rings. The molecular formula is C21H29F2N3O2. The minimum absolute atomic E-state index is 0.0654. The zero-order valence-corrected chi connectivity index (χ0v) is 16.4. The molecule has 7 heteroatoms. The summed E-state index contributed by atoms with van der Waals surface area (Å²) in [6.07, 6.45) is 4.52. The van der Waals surface area contributed by atoms with Crippen molar-refractivity contribution in [3.05, 3.63) is 29.8 Å². The summed E-state index contributed by atoms with van der Waals surface area (Å²) in [6, 6.07) is 2.99. The third-order valence-corrected chi connectivity index (χ3v) is 5.73. The lowest BCUT2D eigenvalue weighted by Gasteiger charge is -2.30. The highest BCUT2D eigenvalue weighted by Gasteiger charge is 2.35. The molecule has 2 amide bonds. The average molecular weight is 393 g/mol. The van der Waals surface area contributed by atoms with Crippen LogP contribution >= 0.6 is 0 Å². The molecule has 2 fully saturated rings. The lowest BCUT2D eigenvalue weighted by atomic mass is 9.99. The monoisotopic (exact) mass is 393 g/mol. The number of nitrogens with zero attached hydrogens (tertiary/aromatic N) is 2. The highest BCUT2D eigenvalue weighted by Crippen LogP contribution is 2.26. The van der Waals surface area contributed by atoms with Crippen molar-refractivity contribution in [2.75, 3.05) is 37.6 Å². The highest BCUT2D eigenvalue weighted by molar-refractivity contribution is 6.00. The van der Waals surface area contributed by atoms with Crippen LogP contribution in [0.1, 0.15) is 39.0 Å². The minimum atomic E-state index is -0.737. The molecule has 0 bridgehead atoms. The lowest BCUT2D eigenvalue weighted by Crippen LogP contribution is -2.35. The van der Waals surface area contributed by atoms with E-state index in [1.54, 1.807) is 0 Å². The zero-order chi connectivity index (χ0) is 20.1. The molecule has 1 atom stereocenters. The molecule has 1 aromatic carbocycles. The summed E-state index contributed by atoms with van der Waals surface area (Å²) in [5, 5.41) is 2.90. The molecule has 5 nitrogen and oxygen atoms in total. The Morgan fingerprint density at radius 3 is 2.50 bits per heavy atom. The van der Waals surface area contributed by atoms with E-state index in [0.29, 0.717) is 6.54 Å². The summed E-state index contributed by atoms with van der Waals surface area (Å²) >= 11 is 0. The Morgan fingerprint density at radius 2 is 1.82 bits per heavy atom. The van der Waals surface area contributed by atoms with Gasteiger partial charge in [0.1, 0.15) is 11.6 Å². The minimum Gasteiger partial charge on any atom is -0.356 e. The molecule has 0 radical (unpaired) electrons. The summed E-state index contributed by atoms with van der Waals surface area (Å²) in [7, 11) is 0. The Morgan fingerprint density at radius 1 is 1.14 bits per heavy atom. The second-order valence-corrected chi connectivity index (χ2v) is 8.06. The number of rotatable bonds is 7. The predicted molar refractivity (Wildman–Crippen MR) is 104 cm³/mol. The van der Waals surface area contributed by atoms with Crippen molar-refractivity contribution in [2.24, 2.45) is 11.8 Å². The van der Waals surface area contributed by atoms with Gasteiger partial charge in [-0.25, -0.2) is 8.78 Å². The fourth-order valence-corrected chi connectivity index (χ4v) is 3.93. The zero-order valence-electron chi connectivity index (χ0n) is 16.4. The van der Waals surface area contributed by atoms with Gasteiger partial charge in [0.15, 0.2) is 0 Å². The van der Waals surface area contributed by atoms with Crippen LogP contribution in [0, 0.1) is 23.5 Å². The van der Waals surface area contributed by atoms with Gasteiger partial charge >= 0.3 is 0 Å². The summed E-state index contributed by atoms with van der Waals surface area (Å²) < 4.78 is 26.8. The van der Waals surface area contributed by atoms with Crippen molar-refractivity contribution in [1.82, 2.24) is 10.2 Å². The molecule has 2 saturated heterocycles. The number of nitrogens with one attached hydrogen (secondary N) is 1. The molecule has 1 unspecified atom stereocenters. The molecule has 0 spiro atoms. The van der Waals surface area contributed by atoms with Crippen LogP contribution in [0.25, 0.3) is 0 Å². The molecule has 0 aliphatic carbocycles. The van der Waals surface area contributed by atoms with Gasteiger partial charge in [0, 0.05) is 31.3 Å². The van der Waals surface area contributed by atoms with Crippen LogP contribution in [0.5, 0.6) is 0 Å². The molecule has 0 aromatic heterocycles. The van der Waals surface area contributed by atoms with Crippen LogP contribution in [0.2, 0.25) is 0 Å². The number of benzene rings is 1. The maximum Gasteiger partial charge on any atom is 0.227 e. The number of amides is 2. The molecule has 154 valence electrons. The number of carbonyl (C=O) groups is 2. The fourth-order valence-electron chi connectivity index (χ4n) is 3.93. The van der Waals surface area contributed by atoms with Crippen LogP contribution in [-0.4, -0.2) is 49.4 Å². The van der Waals surface area contributed by atoms with E-state index in [2.05, 4.69) is 17.1 Å².